The molecule has 1 saturated heterocycles. The number of rotatable bonds is 5. The zero-order chi connectivity index (χ0) is 21.4. The van der Waals surface area contributed by atoms with Crippen molar-refractivity contribution in [3.63, 3.8) is 0 Å². The smallest absolute Gasteiger partial charge is 0.272 e. The summed E-state index contributed by atoms with van der Waals surface area (Å²) in [6.07, 6.45) is -0.494. The van der Waals surface area contributed by atoms with Gasteiger partial charge in [0.25, 0.3) is 5.91 Å². The normalized spacial score (nSPS) is 24.8. The van der Waals surface area contributed by atoms with Crippen LogP contribution in [0.4, 0.5) is 0 Å². The fourth-order valence-corrected chi connectivity index (χ4v) is 5.80. The van der Waals surface area contributed by atoms with Crippen LogP contribution in [0.2, 0.25) is 0 Å². The number of hydrogen-bond acceptors (Lipinski definition) is 4. The Morgan fingerprint density at radius 3 is 2.03 bits per heavy atom. The number of hydrogen-bond donors (Lipinski definition) is 0. The van der Waals surface area contributed by atoms with Crippen LogP contribution in [0.3, 0.4) is 0 Å². The monoisotopic (exact) mass is 423 g/mol. The highest BCUT2D eigenvalue weighted by Gasteiger charge is 2.59. The number of ether oxygens (including phenoxy) is 2. The summed E-state index contributed by atoms with van der Waals surface area (Å²) in [5.41, 5.74) is 2.50. The van der Waals surface area contributed by atoms with E-state index in [9.17, 15) is 8.42 Å². The van der Waals surface area contributed by atoms with Crippen LogP contribution in [0, 0.1) is 6.92 Å². The van der Waals surface area contributed by atoms with Crippen LogP contribution in [0.25, 0.3) is 0 Å². The Morgan fingerprint density at radius 1 is 0.900 bits per heavy atom. The Kier molecular flexibility index (Phi) is 5.51. The Bertz CT molecular complexity index is 1100. The number of methoxy groups -OCH3 is 1. The lowest BCUT2D eigenvalue weighted by Crippen LogP contribution is -2.49. The minimum Gasteiger partial charge on any atom is -0.336 e. The number of sulfonamides is 1. The zero-order valence-corrected chi connectivity index (χ0v) is 18.0. The molecule has 1 aliphatic rings. The van der Waals surface area contributed by atoms with Crippen LogP contribution in [0.5, 0.6) is 0 Å². The van der Waals surface area contributed by atoms with E-state index < -0.39 is 28.1 Å². The van der Waals surface area contributed by atoms with Crippen molar-refractivity contribution < 1.29 is 17.9 Å². The van der Waals surface area contributed by atoms with Gasteiger partial charge in [-0.2, -0.15) is 0 Å². The van der Waals surface area contributed by atoms with Gasteiger partial charge in [-0.3, -0.25) is 0 Å². The van der Waals surface area contributed by atoms with Crippen LogP contribution in [0.1, 0.15) is 29.7 Å². The van der Waals surface area contributed by atoms with E-state index in [1.54, 1.807) is 24.3 Å². The Balaban J connectivity index is 1.91. The Hall–Kier alpha value is -2.51. The summed E-state index contributed by atoms with van der Waals surface area (Å²) < 4.78 is 41.4. The summed E-state index contributed by atoms with van der Waals surface area (Å²) in [7, 11) is -2.45. The molecule has 1 unspecified atom stereocenters. The standard InChI is InChI=1S/C24H25NO4S/c1-18-14-16-22(17-15-18)30(26,27)25-19(2)23(20-10-6-4-7-11-20)29-24(25,28-3)21-12-8-5-9-13-21/h4-17,19,23H,1-3H3/t19-,23+,24?/m1/s1. The molecule has 0 saturated carbocycles. The van der Waals surface area contributed by atoms with Crippen molar-refractivity contribution in [2.75, 3.05) is 7.11 Å². The van der Waals surface area contributed by atoms with Gasteiger partial charge in [-0.25, -0.2) is 8.42 Å². The molecule has 3 atom stereocenters. The average molecular weight is 424 g/mol. The van der Waals surface area contributed by atoms with E-state index in [-0.39, 0.29) is 4.90 Å². The van der Waals surface area contributed by atoms with E-state index in [0.29, 0.717) is 5.56 Å². The largest absolute Gasteiger partial charge is 0.336 e. The molecule has 4 rings (SSSR count). The third-order valence-electron chi connectivity index (χ3n) is 5.51. The topological polar surface area (TPSA) is 55.8 Å². The maximum atomic E-state index is 13.8. The van der Waals surface area contributed by atoms with Gasteiger partial charge in [-0.1, -0.05) is 78.4 Å². The van der Waals surface area contributed by atoms with E-state index in [2.05, 4.69) is 0 Å². The lowest BCUT2D eigenvalue weighted by atomic mass is 10.0. The molecule has 156 valence electrons. The van der Waals surface area contributed by atoms with Gasteiger partial charge in [0.05, 0.1) is 10.9 Å². The van der Waals surface area contributed by atoms with Gasteiger partial charge in [0.15, 0.2) is 0 Å². The molecule has 5 nitrogen and oxygen atoms in total. The lowest BCUT2D eigenvalue weighted by Gasteiger charge is -2.36. The van der Waals surface area contributed by atoms with Gasteiger partial charge in [-0.05, 0) is 31.5 Å². The maximum absolute atomic E-state index is 13.8. The highest BCUT2D eigenvalue weighted by molar-refractivity contribution is 7.89. The van der Waals surface area contributed by atoms with Gasteiger partial charge in [0.2, 0.25) is 10.0 Å². The summed E-state index contributed by atoms with van der Waals surface area (Å²) >= 11 is 0. The average Bonchev–Trinajstić information content (AvgIpc) is 3.09. The SMILES string of the molecule is COC1(c2ccccc2)O[C@H](c2ccccc2)[C@@H](C)N1S(=O)(=O)c1ccc(C)cc1. The van der Waals surface area contributed by atoms with E-state index in [4.69, 9.17) is 9.47 Å². The molecule has 0 spiro atoms. The zero-order valence-electron chi connectivity index (χ0n) is 17.2. The minimum atomic E-state index is -3.93. The molecular formula is C24H25NO4S. The van der Waals surface area contributed by atoms with Gasteiger partial charge < -0.3 is 9.47 Å². The van der Waals surface area contributed by atoms with Crippen molar-refractivity contribution >= 4 is 10.0 Å². The first-order valence-corrected chi connectivity index (χ1v) is 11.3. The maximum Gasteiger partial charge on any atom is 0.272 e. The fourth-order valence-electron chi connectivity index (χ4n) is 4.00. The molecule has 6 heteroatoms. The van der Waals surface area contributed by atoms with Crippen LogP contribution in [-0.4, -0.2) is 25.9 Å². The van der Waals surface area contributed by atoms with E-state index >= 15 is 0 Å². The Morgan fingerprint density at radius 2 is 1.47 bits per heavy atom. The van der Waals surface area contributed by atoms with Crippen molar-refractivity contribution in [2.45, 2.75) is 36.8 Å². The number of benzene rings is 3. The van der Waals surface area contributed by atoms with Crippen LogP contribution >= 0.6 is 0 Å². The number of nitrogens with zero attached hydrogens (tertiary/aromatic N) is 1. The highest BCUT2D eigenvalue weighted by atomic mass is 32.2. The van der Waals surface area contributed by atoms with Crippen molar-refractivity contribution in [3.05, 3.63) is 102 Å². The van der Waals surface area contributed by atoms with Gasteiger partial charge >= 0.3 is 0 Å². The molecule has 0 aliphatic carbocycles. The third kappa shape index (κ3) is 3.36. The first kappa shape index (κ1) is 20.8. The molecule has 0 N–H and O–H groups in total. The fraction of sp³-hybridized carbons (Fsp3) is 0.250. The second-order valence-electron chi connectivity index (χ2n) is 7.46. The molecule has 1 heterocycles. The summed E-state index contributed by atoms with van der Waals surface area (Å²) in [4.78, 5) is 0.203. The summed E-state index contributed by atoms with van der Waals surface area (Å²) in [5, 5.41) is 0. The summed E-state index contributed by atoms with van der Waals surface area (Å²) in [6.45, 7) is 3.78. The first-order chi connectivity index (χ1) is 14.4. The van der Waals surface area contributed by atoms with E-state index in [1.807, 2.05) is 74.5 Å². The van der Waals surface area contributed by atoms with Crippen molar-refractivity contribution in [1.82, 2.24) is 4.31 Å². The molecule has 0 aromatic heterocycles. The minimum absolute atomic E-state index is 0.203. The summed E-state index contributed by atoms with van der Waals surface area (Å²) in [6, 6.07) is 25.2. The molecule has 1 fully saturated rings. The third-order valence-corrected chi connectivity index (χ3v) is 7.46. The van der Waals surface area contributed by atoms with Crippen LogP contribution in [0.15, 0.2) is 89.8 Å². The molecule has 3 aromatic rings. The Labute approximate surface area is 177 Å². The van der Waals surface area contributed by atoms with Crippen LogP contribution in [-0.2, 0) is 25.4 Å². The molecule has 0 amide bonds. The molecule has 0 radical (unpaired) electrons. The second kappa shape index (κ2) is 7.96. The second-order valence-corrected chi connectivity index (χ2v) is 9.27. The van der Waals surface area contributed by atoms with Crippen LogP contribution < -0.4 is 0 Å². The van der Waals surface area contributed by atoms with Crippen molar-refractivity contribution in [1.29, 1.82) is 0 Å². The van der Waals surface area contributed by atoms with E-state index in [0.717, 1.165) is 11.1 Å². The molecule has 1 aliphatic heterocycles. The van der Waals surface area contributed by atoms with Crippen molar-refractivity contribution in [2.24, 2.45) is 0 Å². The van der Waals surface area contributed by atoms with Gasteiger partial charge in [0, 0.05) is 12.7 Å². The first-order valence-electron chi connectivity index (χ1n) is 9.85. The van der Waals surface area contributed by atoms with Crippen molar-refractivity contribution in [3.8, 4) is 0 Å². The molecule has 30 heavy (non-hydrogen) atoms. The quantitative estimate of drug-likeness (QED) is 0.602. The number of aryl methyl sites for hydroxylation is 1. The van der Waals surface area contributed by atoms with E-state index in [1.165, 1.54) is 11.4 Å². The molecular weight excluding hydrogens is 398 g/mol. The van der Waals surface area contributed by atoms with Gasteiger partial charge in [-0.15, -0.1) is 4.31 Å². The molecule has 3 aromatic carbocycles. The lowest BCUT2D eigenvalue weighted by molar-refractivity contribution is -0.264. The summed E-state index contributed by atoms with van der Waals surface area (Å²) in [5.74, 6) is -1.58. The predicted octanol–water partition coefficient (Wildman–Crippen LogP) is 4.60. The molecule has 0 bridgehead atoms. The highest BCUT2D eigenvalue weighted by Crippen LogP contribution is 2.49. The predicted molar refractivity (Wildman–Crippen MR) is 115 cm³/mol. The van der Waals surface area contributed by atoms with Gasteiger partial charge in [0.1, 0.15) is 6.10 Å².